The van der Waals surface area contributed by atoms with Gasteiger partial charge in [-0.3, -0.25) is 0 Å². The van der Waals surface area contributed by atoms with E-state index in [2.05, 4.69) is 217 Å². The van der Waals surface area contributed by atoms with Crippen LogP contribution >= 0.6 is 0 Å². The van der Waals surface area contributed by atoms with E-state index >= 15 is 0 Å². The predicted molar refractivity (Wildman–Crippen MR) is 489 cm³/mol. The second-order valence-corrected chi connectivity index (χ2v) is 33.5. The van der Waals surface area contributed by atoms with Crippen LogP contribution in [0.5, 0.6) is 0 Å². The summed E-state index contributed by atoms with van der Waals surface area (Å²) in [6, 6.07) is 76.6. The minimum atomic E-state index is -0.251. The lowest BCUT2D eigenvalue weighted by atomic mass is 9.94. The van der Waals surface area contributed by atoms with Gasteiger partial charge in [0, 0.05) is 102 Å². The Morgan fingerprint density at radius 3 is 0.976 bits per heavy atom. The molecule has 12 nitrogen and oxygen atoms in total. The van der Waals surface area contributed by atoms with Crippen molar-refractivity contribution in [3.05, 3.63) is 336 Å². The van der Waals surface area contributed by atoms with E-state index in [-0.39, 0.29) is 23.3 Å². The molecule has 0 unspecified atom stereocenters. The highest BCUT2D eigenvalue weighted by molar-refractivity contribution is 6.13. The molecular formula is C108H96F4N8O4+4. The number of halogens is 4. The zero-order chi connectivity index (χ0) is 86.8. The Kier molecular flexibility index (Phi) is 22.3. The van der Waals surface area contributed by atoms with Crippen LogP contribution in [0.25, 0.3) is 178 Å². The fraction of sp³-hybridized carbons (Fsp3) is 0.185. The van der Waals surface area contributed by atoms with Crippen LogP contribution in [0.15, 0.2) is 285 Å². The molecule has 0 aliphatic carbocycles. The maximum absolute atomic E-state index is 14.0. The lowest BCUT2D eigenvalue weighted by Gasteiger charge is -2.10. The fourth-order valence-electron chi connectivity index (χ4n) is 16.8. The van der Waals surface area contributed by atoms with Gasteiger partial charge in [-0.05, 0) is 217 Å². The molecule has 0 saturated heterocycles. The van der Waals surface area contributed by atoms with Crippen molar-refractivity contribution in [3.63, 3.8) is 0 Å². The Bertz CT molecular complexity index is 7560. The summed E-state index contributed by atoms with van der Waals surface area (Å²) in [6.07, 6.45) is 8.07. The topological polar surface area (TPSA) is 120 Å². The number of pyridine rings is 8. The lowest BCUT2D eigenvalue weighted by molar-refractivity contribution is -0.660. The van der Waals surface area contributed by atoms with E-state index < -0.39 is 0 Å². The van der Waals surface area contributed by atoms with Gasteiger partial charge in [-0.15, -0.1) is 0 Å². The van der Waals surface area contributed by atoms with Gasteiger partial charge in [0.15, 0.2) is 47.1 Å². The van der Waals surface area contributed by atoms with Gasteiger partial charge < -0.3 is 17.7 Å². The molecule has 0 amide bonds. The van der Waals surface area contributed by atoms with Gasteiger partial charge in [-0.2, -0.15) is 0 Å². The monoisotopic (exact) mass is 1640 g/mol. The first-order valence-electron chi connectivity index (χ1n) is 42.0. The van der Waals surface area contributed by atoms with Gasteiger partial charge in [-0.1, -0.05) is 152 Å². The van der Waals surface area contributed by atoms with Crippen molar-refractivity contribution in [2.45, 2.75) is 107 Å². The lowest BCUT2D eigenvalue weighted by Crippen LogP contribution is -2.31. The van der Waals surface area contributed by atoms with Crippen molar-refractivity contribution in [1.29, 1.82) is 0 Å². The molecule has 0 bridgehead atoms. The van der Waals surface area contributed by atoms with Crippen LogP contribution in [0.2, 0.25) is 0 Å². The summed E-state index contributed by atoms with van der Waals surface area (Å²) in [5.41, 5.74) is 30.0. The van der Waals surface area contributed by atoms with E-state index in [1.165, 1.54) is 30.3 Å². The molecule has 12 heterocycles. The van der Waals surface area contributed by atoms with Gasteiger partial charge in [0.2, 0.25) is 45.6 Å². The molecule has 0 spiro atoms. The zero-order valence-electron chi connectivity index (χ0n) is 72.4. The third-order valence-electron chi connectivity index (χ3n) is 23.5. The minimum Gasteiger partial charge on any atom is -0.437 e. The standard InChI is InChI=1S/4C27H24FN2O/c1-16(2)23-13-12-22-21-11-10-17(3)24(26(21)31-27(22)29-23)25-20(9-6-14-30(25)4)18-7-5-8-19(28)15-18;1-16(2)23-14-13-22-21-12-7-17(3)24(26(21)31-27(22)29-23)25-20(6-5-15-30(25)4)18-8-10-19(28)11-9-18;1-16(2)23-12-11-22-21-10-8-17(3)25(26(21)31-27(22)29-23)24-13-9-19(15-30(24)4)18-6-5-7-20(28)14-18;1-16(2)23-11-10-22-21-9-8-17(3)25(26(21)31-27(22)29-23)24-15-19(12-13-30(24)4)18-6-5-7-20(28)14-18/h4*5-16H,1-4H3/q4*+1. The van der Waals surface area contributed by atoms with Crippen molar-refractivity contribution < 1.29 is 53.5 Å². The number of rotatable bonds is 12. The van der Waals surface area contributed by atoms with Gasteiger partial charge >= 0.3 is 0 Å². The molecule has 0 N–H and O–H groups in total. The van der Waals surface area contributed by atoms with Crippen LogP contribution < -0.4 is 18.3 Å². The molecule has 616 valence electrons. The van der Waals surface area contributed by atoms with Crippen LogP contribution in [0.4, 0.5) is 17.6 Å². The summed E-state index contributed by atoms with van der Waals surface area (Å²) < 4.78 is 88.8. The number of benzene rings is 8. The first kappa shape index (κ1) is 82.2. The normalized spacial score (nSPS) is 11.7. The molecule has 8 aromatic carbocycles. The SMILES string of the molecule is Cc1ccc2c(oc3nc(C(C)C)ccc32)c1-c1c(-c2ccc(F)cc2)ccc[n+]1C.Cc1ccc2c(oc3nc(C(C)C)ccc32)c1-c1c(-c2cccc(F)c2)ccc[n+]1C.Cc1ccc2c(oc3nc(C(C)C)ccc32)c1-c1cc(-c2cccc(F)c2)cc[n+]1C.Cc1ccc2c(oc3nc(C(C)C)ccc32)c1-c1ccc(-c2cccc(F)c2)c[n+]1C. The van der Waals surface area contributed by atoms with Crippen molar-refractivity contribution in [2.24, 2.45) is 28.2 Å². The van der Waals surface area contributed by atoms with E-state index in [0.29, 0.717) is 46.5 Å². The zero-order valence-corrected chi connectivity index (χ0v) is 72.4. The maximum atomic E-state index is 14.0. The van der Waals surface area contributed by atoms with Crippen LogP contribution in [0, 0.1) is 51.0 Å². The van der Waals surface area contributed by atoms with Crippen LogP contribution in [0.1, 0.15) is 124 Å². The Labute approximate surface area is 717 Å². The summed E-state index contributed by atoms with van der Waals surface area (Å²) in [5.74, 6) is 0.357. The van der Waals surface area contributed by atoms with Crippen molar-refractivity contribution in [1.82, 2.24) is 19.9 Å². The third-order valence-corrected chi connectivity index (χ3v) is 23.5. The van der Waals surface area contributed by atoms with Crippen molar-refractivity contribution in [2.75, 3.05) is 0 Å². The number of aromatic nitrogens is 8. The summed E-state index contributed by atoms with van der Waals surface area (Å²) in [7, 11) is 8.06. The molecule has 0 saturated carbocycles. The van der Waals surface area contributed by atoms with Crippen LogP contribution in [-0.4, -0.2) is 19.9 Å². The van der Waals surface area contributed by atoms with Crippen molar-refractivity contribution >= 4 is 88.3 Å². The van der Waals surface area contributed by atoms with E-state index in [0.717, 1.165) is 200 Å². The first-order valence-corrected chi connectivity index (χ1v) is 42.0. The minimum absolute atomic E-state index is 0.236. The highest BCUT2D eigenvalue weighted by Crippen LogP contribution is 2.45. The molecule has 0 radical (unpaired) electrons. The largest absolute Gasteiger partial charge is 0.437 e. The van der Waals surface area contributed by atoms with E-state index in [9.17, 15) is 17.6 Å². The number of furan rings is 4. The Balaban J connectivity index is 0.000000117. The Morgan fingerprint density at radius 1 is 0.258 bits per heavy atom. The molecule has 0 aliphatic heterocycles. The Morgan fingerprint density at radius 2 is 0.589 bits per heavy atom. The number of nitrogens with zero attached hydrogens (tertiary/aromatic N) is 8. The molecule has 20 rings (SSSR count). The average molecular weight is 1650 g/mol. The number of aryl methyl sites for hydroxylation is 8. The van der Waals surface area contributed by atoms with Gasteiger partial charge in [0.1, 0.15) is 51.5 Å². The molecular weight excluding hydrogens is 1550 g/mol. The van der Waals surface area contributed by atoms with Gasteiger partial charge in [0.05, 0.1) is 33.4 Å². The highest BCUT2D eigenvalue weighted by atomic mass is 19.1. The molecule has 124 heavy (non-hydrogen) atoms. The highest BCUT2D eigenvalue weighted by Gasteiger charge is 2.30. The van der Waals surface area contributed by atoms with Gasteiger partial charge in [-0.25, -0.2) is 55.8 Å². The maximum Gasteiger partial charge on any atom is 0.227 e. The second kappa shape index (κ2) is 33.7. The smallest absolute Gasteiger partial charge is 0.227 e. The first-order chi connectivity index (χ1) is 59.7. The quantitative estimate of drug-likeness (QED) is 0.0876. The van der Waals surface area contributed by atoms with Gasteiger partial charge in [0.25, 0.3) is 0 Å². The third kappa shape index (κ3) is 15.7. The molecule has 0 atom stereocenters. The summed E-state index contributed by atoms with van der Waals surface area (Å²) in [4.78, 5) is 19.1. The fourth-order valence-corrected chi connectivity index (χ4v) is 16.8. The summed E-state index contributed by atoms with van der Waals surface area (Å²) in [5, 5.41) is 8.26. The molecule has 0 fully saturated rings. The van der Waals surface area contributed by atoms with Crippen LogP contribution in [0.3, 0.4) is 0 Å². The average Bonchev–Trinajstić information content (AvgIpc) is 1.56. The van der Waals surface area contributed by atoms with Crippen molar-refractivity contribution in [3.8, 4) is 89.5 Å². The van der Waals surface area contributed by atoms with E-state index in [1.807, 2.05) is 114 Å². The number of hydrogen-bond donors (Lipinski definition) is 0. The van der Waals surface area contributed by atoms with E-state index in [1.54, 1.807) is 36.4 Å². The molecule has 16 heteroatoms. The molecule has 0 aliphatic rings. The summed E-state index contributed by atoms with van der Waals surface area (Å²) >= 11 is 0. The summed E-state index contributed by atoms with van der Waals surface area (Å²) in [6.45, 7) is 25.4. The molecule has 12 aromatic heterocycles. The number of hydrogen-bond acceptors (Lipinski definition) is 8. The predicted octanol–water partition coefficient (Wildman–Crippen LogP) is 26.8. The number of fused-ring (bicyclic) bond motifs is 12. The second-order valence-electron chi connectivity index (χ2n) is 33.5. The Hall–Kier alpha value is -14.1. The van der Waals surface area contributed by atoms with E-state index in [4.69, 9.17) is 37.6 Å². The molecule has 20 aromatic rings. The van der Waals surface area contributed by atoms with Crippen LogP contribution in [-0.2, 0) is 28.2 Å².